The molecule has 25 heavy (non-hydrogen) atoms. The van der Waals surface area contributed by atoms with Crippen LogP contribution >= 0.6 is 7.82 Å². The van der Waals surface area contributed by atoms with E-state index in [0.29, 0.717) is 24.2 Å². The zero-order valence-corrected chi connectivity index (χ0v) is 15.1. The van der Waals surface area contributed by atoms with Crippen LogP contribution in [0.25, 0.3) is 0 Å². The molecule has 2 saturated carbocycles. The average molecular weight is 368 g/mol. The highest BCUT2D eigenvalue weighted by atomic mass is 31.2. The van der Waals surface area contributed by atoms with Crippen molar-refractivity contribution in [1.29, 1.82) is 0 Å². The van der Waals surface area contributed by atoms with Crippen LogP contribution in [0.1, 0.15) is 49.7 Å². The summed E-state index contributed by atoms with van der Waals surface area (Å²) in [6.45, 7) is 2.11. The van der Waals surface area contributed by atoms with Crippen LogP contribution in [0.5, 0.6) is 5.75 Å². The largest absolute Gasteiger partial charge is 0.524 e. The lowest BCUT2D eigenvalue weighted by molar-refractivity contribution is -0.0505. The molecule has 0 aliphatic heterocycles. The van der Waals surface area contributed by atoms with Crippen LogP contribution in [0.4, 0.5) is 0 Å². The minimum absolute atomic E-state index is 0.206. The van der Waals surface area contributed by atoms with Gasteiger partial charge in [0.25, 0.3) is 0 Å². The fourth-order valence-corrected chi connectivity index (χ4v) is 6.13. The van der Waals surface area contributed by atoms with Crippen LogP contribution < -0.4 is 4.52 Å². The van der Waals surface area contributed by atoms with Gasteiger partial charge in [-0.3, -0.25) is 9.79 Å². The molecule has 6 nitrogen and oxygen atoms in total. The van der Waals surface area contributed by atoms with Gasteiger partial charge < -0.3 is 14.7 Å². The molecule has 0 radical (unpaired) electrons. The first kappa shape index (κ1) is 17.5. The summed E-state index contributed by atoms with van der Waals surface area (Å²) in [6.07, 6.45) is 3.04. The number of aliphatic hydroxyl groups is 2. The maximum absolute atomic E-state index is 11.0. The Labute approximate surface area is 147 Å². The van der Waals surface area contributed by atoms with E-state index in [1.54, 1.807) is 12.1 Å². The smallest absolute Gasteiger partial charge is 0.404 e. The van der Waals surface area contributed by atoms with E-state index in [0.717, 1.165) is 31.2 Å². The number of aliphatic hydroxyl groups excluding tert-OH is 2. The van der Waals surface area contributed by atoms with E-state index in [9.17, 15) is 14.8 Å². The van der Waals surface area contributed by atoms with Crippen molar-refractivity contribution in [2.24, 2.45) is 17.3 Å². The molecule has 3 aliphatic carbocycles. The van der Waals surface area contributed by atoms with Gasteiger partial charge in [-0.15, -0.1) is 0 Å². The number of phosphoric ester groups is 1. The molecule has 4 N–H and O–H groups in total. The molecular weight excluding hydrogens is 343 g/mol. The van der Waals surface area contributed by atoms with E-state index in [4.69, 9.17) is 14.3 Å². The maximum Gasteiger partial charge on any atom is 0.524 e. The highest BCUT2D eigenvalue weighted by Gasteiger charge is 2.57. The quantitative estimate of drug-likeness (QED) is 0.597. The van der Waals surface area contributed by atoms with Crippen molar-refractivity contribution < 1.29 is 29.1 Å². The third kappa shape index (κ3) is 2.84. The summed E-state index contributed by atoms with van der Waals surface area (Å²) in [5, 5.41) is 20.6. The zero-order valence-electron chi connectivity index (χ0n) is 14.2. The molecule has 138 valence electrons. The lowest BCUT2D eigenvalue weighted by atomic mass is 9.55. The average Bonchev–Trinajstić information content (AvgIpc) is 2.76. The Morgan fingerprint density at radius 3 is 2.72 bits per heavy atom. The molecule has 1 aromatic carbocycles. The summed E-state index contributed by atoms with van der Waals surface area (Å²) in [4.78, 5) is 18.0. The zero-order chi connectivity index (χ0) is 18.0. The fourth-order valence-electron chi connectivity index (χ4n) is 5.74. The monoisotopic (exact) mass is 368 g/mol. The van der Waals surface area contributed by atoms with Crippen LogP contribution in [0.15, 0.2) is 18.2 Å². The van der Waals surface area contributed by atoms with Gasteiger partial charge in [-0.1, -0.05) is 13.0 Å². The summed E-state index contributed by atoms with van der Waals surface area (Å²) in [6, 6.07) is 5.31. The molecule has 7 heteroatoms. The molecule has 0 heterocycles. The number of hydrogen-bond acceptors (Lipinski definition) is 4. The predicted octanol–water partition coefficient (Wildman–Crippen LogP) is 2.35. The second kappa shape index (κ2) is 5.80. The fraction of sp³-hybridized carbons (Fsp3) is 0.667. The first-order valence-electron chi connectivity index (χ1n) is 8.93. The highest BCUT2D eigenvalue weighted by Crippen LogP contribution is 2.61. The van der Waals surface area contributed by atoms with E-state index >= 15 is 0 Å². The molecule has 0 unspecified atom stereocenters. The van der Waals surface area contributed by atoms with Crippen molar-refractivity contribution in [1.82, 2.24) is 0 Å². The molecule has 0 aromatic heterocycles. The van der Waals surface area contributed by atoms with E-state index in [-0.39, 0.29) is 11.2 Å². The van der Waals surface area contributed by atoms with Crippen molar-refractivity contribution in [2.45, 2.75) is 57.2 Å². The Bertz CT molecular complexity index is 730. The van der Waals surface area contributed by atoms with E-state index in [2.05, 4.69) is 6.92 Å². The molecule has 0 saturated heterocycles. The molecule has 3 aliphatic rings. The SMILES string of the molecule is C[C@]12CC[C@@H]3c4ccc(OP(=O)(O)O)cc4CC[C@H]3[C@@H]1C[C@@H](O)[C@@H]2O. The number of fused-ring (bicyclic) bond motifs is 5. The Balaban J connectivity index is 1.63. The summed E-state index contributed by atoms with van der Waals surface area (Å²) in [5.74, 6) is 1.34. The van der Waals surface area contributed by atoms with Crippen molar-refractivity contribution >= 4 is 7.82 Å². The first-order valence-corrected chi connectivity index (χ1v) is 10.5. The minimum atomic E-state index is -4.55. The van der Waals surface area contributed by atoms with Crippen molar-refractivity contribution in [3.05, 3.63) is 29.3 Å². The topological polar surface area (TPSA) is 107 Å². The minimum Gasteiger partial charge on any atom is -0.404 e. The number of benzene rings is 1. The van der Waals surface area contributed by atoms with Gasteiger partial charge in [0.1, 0.15) is 5.75 Å². The van der Waals surface area contributed by atoms with Gasteiger partial charge in [-0.2, -0.15) is 0 Å². The molecule has 4 rings (SSSR count). The standard InChI is InChI=1S/C18H25O6P/c1-18-7-6-13-12-5-3-11(24-25(21,22)23)8-10(12)2-4-14(13)15(18)9-16(19)17(18)20/h3,5,8,13-17,19-20H,2,4,6-7,9H2,1H3,(H2,21,22,23)/t13-,14-,15+,16-,17+,18+/m1/s1. The number of hydrogen-bond donors (Lipinski definition) is 4. The van der Waals surface area contributed by atoms with Gasteiger partial charge in [0.15, 0.2) is 0 Å². The van der Waals surface area contributed by atoms with E-state index in [1.165, 1.54) is 5.56 Å². The Morgan fingerprint density at radius 1 is 1.24 bits per heavy atom. The molecule has 0 spiro atoms. The van der Waals surface area contributed by atoms with Gasteiger partial charge >= 0.3 is 7.82 Å². The van der Waals surface area contributed by atoms with E-state index in [1.807, 2.05) is 6.07 Å². The molecule has 0 amide bonds. The molecule has 1 aromatic rings. The lowest BCUT2D eigenvalue weighted by Crippen LogP contribution is -2.44. The first-order chi connectivity index (χ1) is 11.7. The Morgan fingerprint density at radius 2 is 2.00 bits per heavy atom. The van der Waals surface area contributed by atoms with Crippen LogP contribution in [0.3, 0.4) is 0 Å². The number of aryl methyl sites for hydroxylation is 1. The second-order valence-electron chi connectivity index (χ2n) is 8.15. The van der Waals surface area contributed by atoms with Crippen LogP contribution in [-0.4, -0.2) is 32.2 Å². The number of rotatable bonds is 2. The number of phosphoric acid groups is 1. The lowest BCUT2D eigenvalue weighted by Gasteiger charge is -2.49. The van der Waals surface area contributed by atoms with Crippen LogP contribution in [0, 0.1) is 17.3 Å². The predicted molar refractivity (Wildman–Crippen MR) is 91.1 cm³/mol. The normalized spacial score (nSPS) is 40.1. The molecule has 2 fully saturated rings. The van der Waals surface area contributed by atoms with Gasteiger partial charge in [0, 0.05) is 0 Å². The molecular formula is C18H25O6P. The van der Waals surface area contributed by atoms with E-state index < -0.39 is 20.0 Å². The summed E-state index contributed by atoms with van der Waals surface area (Å²) in [5.41, 5.74) is 2.11. The summed E-state index contributed by atoms with van der Waals surface area (Å²) in [7, 11) is -4.55. The molecule has 6 atom stereocenters. The van der Waals surface area contributed by atoms with Crippen molar-refractivity contribution in [2.75, 3.05) is 0 Å². The van der Waals surface area contributed by atoms with Crippen molar-refractivity contribution in [3.63, 3.8) is 0 Å². The van der Waals surface area contributed by atoms with Gasteiger partial charge in [0.05, 0.1) is 12.2 Å². The Kier molecular flexibility index (Phi) is 4.06. The maximum atomic E-state index is 11.0. The third-order valence-corrected chi connectivity index (χ3v) is 7.34. The van der Waals surface area contributed by atoms with Gasteiger partial charge in [-0.25, -0.2) is 4.57 Å². The highest BCUT2D eigenvalue weighted by molar-refractivity contribution is 7.46. The van der Waals surface area contributed by atoms with Crippen LogP contribution in [-0.2, 0) is 11.0 Å². The van der Waals surface area contributed by atoms with Crippen molar-refractivity contribution in [3.8, 4) is 5.75 Å². The molecule has 0 bridgehead atoms. The summed E-state index contributed by atoms with van der Waals surface area (Å²) < 4.78 is 15.8. The third-order valence-electron chi connectivity index (χ3n) is 6.90. The van der Waals surface area contributed by atoms with Crippen LogP contribution in [0.2, 0.25) is 0 Å². The summed E-state index contributed by atoms with van der Waals surface area (Å²) >= 11 is 0. The van der Waals surface area contributed by atoms with Gasteiger partial charge in [0.2, 0.25) is 0 Å². The van der Waals surface area contributed by atoms with Gasteiger partial charge in [-0.05, 0) is 78.5 Å². The second-order valence-corrected chi connectivity index (χ2v) is 9.31. The Hall–Kier alpha value is -0.910.